The van der Waals surface area contributed by atoms with Crippen LogP contribution in [0.1, 0.15) is 5.56 Å². The van der Waals surface area contributed by atoms with Gasteiger partial charge in [-0.15, -0.1) is 0 Å². The lowest BCUT2D eigenvalue weighted by Crippen LogP contribution is -2.30. The van der Waals surface area contributed by atoms with Crippen LogP contribution in [-0.2, 0) is 9.59 Å². The zero-order valence-electron chi connectivity index (χ0n) is 10.3. The first-order valence-corrected chi connectivity index (χ1v) is 5.61. The predicted octanol–water partition coefficient (Wildman–Crippen LogP) is 0.971. The van der Waals surface area contributed by atoms with Gasteiger partial charge in [0, 0.05) is 13.1 Å². The molecule has 100 valence electrons. The van der Waals surface area contributed by atoms with Crippen molar-refractivity contribution in [3.05, 3.63) is 29.8 Å². The molecule has 1 heterocycles. The molecule has 1 aliphatic rings. The number of amides is 1. The van der Waals surface area contributed by atoms with Gasteiger partial charge in [-0.3, -0.25) is 9.59 Å². The average molecular weight is 263 g/mol. The Balaban J connectivity index is 2.02. The lowest BCUT2D eigenvalue weighted by Gasteiger charge is -2.11. The minimum Gasteiger partial charge on any atom is -0.480 e. The summed E-state index contributed by atoms with van der Waals surface area (Å²) >= 11 is 0. The van der Waals surface area contributed by atoms with Gasteiger partial charge in [-0.2, -0.15) is 0 Å². The van der Waals surface area contributed by atoms with Gasteiger partial charge in [-0.25, -0.2) is 0 Å². The Morgan fingerprint density at radius 2 is 2.11 bits per heavy atom. The maximum Gasteiger partial charge on any atom is 0.323 e. The molecular formula is C13H13NO5. The zero-order valence-corrected chi connectivity index (χ0v) is 10.3. The molecule has 6 heteroatoms. The number of hydrogen-bond donors (Lipinski definition) is 1. The van der Waals surface area contributed by atoms with E-state index in [4.69, 9.17) is 14.6 Å². The summed E-state index contributed by atoms with van der Waals surface area (Å²) in [5.74, 6) is -0.118. The van der Waals surface area contributed by atoms with E-state index in [1.54, 1.807) is 24.3 Å². The SMILES string of the molecule is CN(CC(=O)O)C(=O)/C=C/c1ccc2c(c1)OCO2. The summed E-state index contributed by atoms with van der Waals surface area (Å²) in [7, 11) is 1.43. The third kappa shape index (κ3) is 3.25. The second kappa shape index (κ2) is 5.43. The quantitative estimate of drug-likeness (QED) is 0.819. The topological polar surface area (TPSA) is 76.1 Å². The van der Waals surface area contributed by atoms with E-state index in [9.17, 15) is 9.59 Å². The van der Waals surface area contributed by atoms with Crippen molar-refractivity contribution in [3.8, 4) is 11.5 Å². The van der Waals surface area contributed by atoms with E-state index in [2.05, 4.69) is 0 Å². The summed E-state index contributed by atoms with van der Waals surface area (Å²) in [5.41, 5.74) is 0.779. The highest BCUT2D eigenvalue weighted by Crippen LogP contribution is 2.32. The Labute approximate surface area is 109 Å². The van der Waals surface area contributed by atoms with Gasteiger partial charge in [0.05, 0.1) is 0 Å². The summed E-state index contributed by atoms with van der Waals surface area (Å²) in [6.45, 7) is -0.132. The van der Waals surface area contributed by atoms with Gasteiger partial charge in [-0.1, -0.05) is 6.07 Å². The summed E-state index contributed by atoms with van der Waals surface area (Å²) < 4.78 is 10.4. The Morgan fingerprint density at radius 1 is 1.37 bits per heavy atom. The maximum atomic E-state index is 11.6. The van der Waals surface area contributed by atoms with E-state index >= 15 is 0 Å². The summed E-state index contributed by atoms with van der Waals surface area (Å²) in [6, 6.07) is 5.30. The van der Waals surface area contributed by atoms with Crippen molar-refractivity contribution < 1.29 is 24.2 Å². The van der Waals surface area contributed by atoms with Crippen LogP contribution in [0.15, 0.2) is 24.3 Å². The standard InChI is InChI=1S/C13H13NO5/c1-14(7-13(16)17)12(15)5-3-9-2-4-10-11(6-9)19-8-18-10/h2-6H,7-8H2,1H3,(H,16,17)/b5-3+. The van der Waals surface area contributed by atoms with Crippen LogP contribution < -0.4 is 9.47 Å². The lowest BCUT2D eigenvalue weighted by molar-refractivity contribution is -0.141. The number of carbonyl (C=O) groups is 2. The van der Waals surface area contributed by atoms with E-state index in [0.717, 1.165) is 10.5 Å². The first kappa shape index (κ1) is 12.9. The Kier molecular flexibility index (Phi) is 3.70. The van der Waals surface area contributed by atoms with Crippen molar-refractivity contribution >= 4 is 18.0 Å². The van der Waals surface area contributed by atoms with Crippen LogP contribution in [0.5, 0.6) is 11.5 Å². The fourth-order valence-electron chi connectivity index (χ4n) is 1.59. The monoisotopic (exact) mass is 263 g/mol. The molecule has 0 radical (unpaired) electrons. The molecule has 1 aliphatic heterocycles. The van der Waals surface area contributed by atoms with Gasteiger partial charge in [0.25, 0.3) is 0 Å². The average Bonchev–Trinajstić information content (AvgIpc) is 2.82. The minimum absolute atomic E-state index is 0.197. The number of hydrogen-bond acceptors (Lipinski definition) is 4. The molecule has 0 bridgehead atoms. The number of rotatable bonds is 4. The molecule has 1 aromatic carbocycles. The first-order chi connectivity index (χ1) is 9.06. The molecule has 19 heavy (non-hydrogen) atoms. The Morgan fingerprint density at radius 3 is 2.84 bits per heavy atom. The molecule has 0 fully saturated rings. The smallest absolute Gasteiger partial charge is 0.323 e. The molecule has 0 unspecified atom stereocenters. The molecule has 0 saturated carbocycles. The molecule has 1 aromatic rings. The highest BCUT2D eigenvalue weighted by atomic mass is 16.7. The molecule has 6 nitrogen and oxygen atoms in total. The second-order valence-corrected chi connectivity index (χ2v) is 4.03. The minimum atomic E-state index is -1.05. The fraction of sp³-hybridized carbons (Fsp3) is 0.231. The highest BCUT2D eigenvalue weighted by Gasteiger charge is 2.13. The first-order valence-electron chi connectivity index (χ1n) is 5.61. The summed E-state index contributed by atoms with van der Waals surface area (Å²) in [5, 5.41) is 8.58. The highest BCUT2D eigenvalue weighted by molar-refractivity contribution is 5.93. The number of carboxylic acids is 1. The van der Waals surface area contributed by atoms with Crippen LogP contribution in [0.3, 0.4) is 0 Å². The molecule has 0 aliphatic carbocycles. The van der Waals surface area contributed by atoms with Gasteiger partial charge >= 0.3 is 5.97 Å². The lowest BCUT2D eigenvalue weighted by atomic mass is 10.2. The molecule has 0 aromatic heterocycles. The van der Waals surface area contributed by atoms with Crippen LogP contribution in [0.4, 0.5) is 0 Å². The van der Waals surface area contributed by atoms with Crippen molar-refractivity contribution in [2.45, 2.75) is 0 Å². The van der Waals surface area contributed by atoms with Crippen LogP contribution in [0.25, 0.3) is 6.08 Å². The van der Waals surface area contributed by atoms with Crippen LogP contribution in [-0.4, -0.2) is 42.3 Å². The number of nitrogens with zero attached hydrogens (tertiary/aromatic N) is 1. The predicted molar refractivity (Wildman–Crippen MR) is 66.9 cm³/mol. The maximum absolute atomic E-state index is 11.6. The molecule has 0 atom stereocenters. The van der Waals surface area contributed by atoms with Crippen molar-refractivity contribution in [1.29, 1.82) is 0 Å². The molecule has 0 spiro atoms. The number of ether oxygens (including phenoxy) is 2. The van der Waals surface area contributed by atoms with Crippen molar-refractivity contribution in [1.82, 2.24) is 4.90 Å². The van der Waals surface area contributed by atoms with E-state index < -0.39 is 5.97 Å². The van der Waals surface area contributed by atoms with E-state index in [1.807, 2.05) is 0 Å². The number of likely N-dealkylation sites (N-methyl/N-ethyl adjacent to an activating group) is 1. The number of carboxylic acid groups (broad SMARTS) is 1. The van der Waals surface area contributed by atoms with Crippen LogP contribution in [0.2, 0.25) is 0 Å². The number of benzene rings is 1. The summed E-state index contributed by atoms with van der Waals surface area (Å²) in [4.78, 5) is 23.2. The van der Waals surface area contributed by atoms with Crippen LogP contribution >= 0.6 is 0 Å². The van der Waals surface area contributed by atoms with Crippen molar-refractivity contribution in [3.63, 3.8) is 0 Å². The van der Waals surface area contributed by atoms with Gasteiger partial charge in [0.15, 0.2) is 11.5 Å². The van der Waals surface area contributed by atoms with Crippen molar-refractivity contribution in [2.24, 2.45) is 0 Å². The van der Waals surface area contributed by atoms with Gasteiger partial charge in [0.1, 0.15) is 6.54 Å². The molecule has 0 saturated heterocycles. The largest absolute Gasteiger partial charge is 0.480 e. The second-order valence-electron chi connectivity index (χ2n) is 4.03. The zero-order chi connectivity index (χ0) is 13.8. The van der Waals surface area contributed by atoms with E-state index in [0.29, 0.717) is 11.5 Å². The molecule has 1 amide bonds. The van der Waals surface area contributed by atoms with Crippen LogP contribution in [0, 0.1) is 0 Å². The van der Waals surface area contributed by atoms with Gasteiger partial charge in [-0.05, 0) is 23.8 Å². The Hall–Kier alpha value is -2.50. The number of aliphatic carboxylic acids is 1. The normalized spacial score (nSPS) is 12.7. The van der Waals surface area contributed by atoms with E-state index in [1.165, 1.54) is 13.1 Å². The number of fused-ring (bicyclic) bond motifs is 1. The Bertz CT molecular complexity index is 538. The summed E-state index contributed by atoms with van der Waals surface area (Å²) in [6.07, 6.45) is 2.92. The third-order valence-electron chi connectivity index (χ3n) is 2.56. The third-order valence-corrected chi connectivity index (χ3v) is 2.56. The van der Waals surface area contributed by atoms with E-state index in [-0.39, 0.29) is 19.2 Å². The molecule has 2 rings (SSSR count). The van der Waals surface area contributed by atoms with Gasteiger partial charge in [0.2, 0.25) is 12.7 Å². The van der Waals surface area contributed by atoms with Gasteiger partial charge < -0.3 is 19.5 Å². The molecule has 1 N–H and O–H groups in total. The number of carbonyl (C=O) groups excluding carboxylic acids is 1. The van der Waals surface area contributed by atoms with Crippen molar-refractivity contribution in [2.75, 3.05) is 20.4 Å². The molecular weight excluding hydrogens is 250 g/mol. The fourth-order valence-corrected chi connectivity index (χ4v) is 1.59.